The summed E-state index contributed by atoms with van der Waals surface area (Å²) in [6, 6.07) is 3.65. The van der Waals surface area contributed by atoms with Crippen molar-refractivity contribution in [2.24, 2.45) is 5.73 Å². The fraction of sp³-hybridized carbons (Fsp3) is 0.300. The van der Waals surface area contributed by atoms with Crippen molar-refractivity contribution in [3.8, 4) is 0 Å². The molecule has 17 heavy (non-hydrogen) atoms. The Kier molecular flexibility index (Phi) is 3.28. The first-order valence-electron chi connectivity index (χ1n) is 5.11. The van der Waals surface area contributed by atoms with Gasteiger partial charge in [-0.3, -0.25) is 4.79 Å². The van der Waals surface area contributed by atoms with Gasteiger partial charge >= 0.3 is 0 Å². The van der Waals surface area contributed by atoms with E-state index in [4.69, 9.17) is 5.73 Å². The van der Waals surface area contributed by atoms with Gasteiger partial charge in [-0.2, -0.15) is 4.98 Å². The molecule has 2 aromatic rings. The number of halogens is 1. The van der Waals surface area contributed by atoms with E-state index in [0.717, 1.165) is 10.1 Å². The molecule has 0 saturated carbocycles. The van der Waals surface area contributed by atoms with E-state index >= 15 is 0 Å². The van der Waals surface area contributed by atoms with Gasteiger partial charge in [-0.05, 0) is 35.0 Å². The largest absolute Gasteiger partial charge is 0.370 e. The average molecular weight is 298 g/mol. The minimum atomic E-state index is -0.350. The van der Waals surface area contributed by atoms with Crippen LogP contribution in [0.5, 0.6) is 0 Å². The number of carbonyl (C=O) groups is 1. The molecule has 1 unspecified atom stereocenters. The van der Waals surface area contributed by atoms with Gasteiger partial charge < -0.3 is 11.1 Å². The number of primary amides is 1. The number of anilines is 1. The maximum atomic E-state index is 10.7. The molecular formula is C10H12BrN5O. The molecule has 2 heterocycles. The third-order valence-corrected chi connectivity index (χ3v) is 2.65. The van der Waals surface area contributed by atoms with Gasteiger partial charge in [0.1, 0.15) is 0 Å². The Morgan fingerprint density at radius 3 is 3.12 bits per heavy atom. The highest BCUT2D eigenvalue weighted by Crippen LogP contribution is 2.12. The van der Waals surface area contributed by atoms with Crippen molar-refractivity contribution in [1.29, 1.82) is 0 Å². The first kappa shape index (κ1) is 11.8. The Bertz CT molecular complexity index is 553. The Labute approximate surface area is 106 Å². The fourth-order valence-corrected chi connectivity index (χ4v) is 1.82. The Hall–Kier alpha value is -1.63. The molecule has 0 spiro atoms. The number of aromatic nitrogens is 3. The van der Waals surface area contributed by atoms with Crippen LogP contribution in [0.15, 0.2) is 22.8 Å². The Morgan fingerprint density at radius 2 is 2.41 bits per heavy atom. The van der Waals surface area contributed by atoms with Crippen molar-refractivity contribution in [1.82, 2.24) is 14.6 Å². The molecule has 0 fully saturated rings. The summed E-state index contributed by atoms with van der Waals surface area (Å²) < 4.78 is 2.58. The van der Waals surface area contributed by atoms with E-state index in [0.29, 0.717) is 5.95 Å². The molecule has 90 valence electrons. The summed E-state index contributed by atoms with van der Waals surface area (Å²) in [6.07, 6.45) is 2.06. The van der Waals surface area contributed by atoms with E-state index < -0.39 is 0 Å². The molecule has 1 amide bonds. The summed E-state index contributed by atoms with van der Waals surface area (Å²) in [7, 11) is 0. The zero-order valence-corrected chi connectivity index (χ0v) is 10.8. The molecule has 3 N–H and O–H groups in total. The van der Waals surface area contributed by atoms with Crippen LogP contribution in [0.4, 0.5) is 5.95 Å². The maximum absolute atomic E-state index is 10.7. The lowest BCUT2D eigenvalue weighted by Crippen LogP contribution is -2.24. The number of amides is 1. The van der Waals surface area contributed by atoms with Crippen molar-refractivity contribution in [3.63, 3.8) is 0 Å². The highest BCUT2D eigenvalue weighted by atomic mass is 79.9. The molecule has 0 aliphatic rings. The molecule has 0 radical (unpaired) electrons. The van der Waals surface area contributed by atoms with Crippen LogP contribution in [0.3, 0.4) is 0 Å². The monoisotopic (exact) mass is 297 g/mol. The van der Waals surface area contributed by atoms with Crippen LogP contribution >= 0.6 is 15.9 Å². The molecule has 2 aromatic heterocycles. The van der Waals surface area contributed by atoms with Crippen molar-refractivity contribution in [2.45, 2.75) is 19.4 Å². The molecule has 0 aromatic carbocycles. The minimum absolute atomic E-state index is 0.0895. The van der Waals surface area contributed by atoms with Gasteiger partial charge in [0.25, 0.3) is 0 Å². The lowest BCUT2D eigenvalue weighted by atomic mass is 10.2. The number of nitrogens with one attached hydrogen (secondary N) is 1. The van der Waals surface area contributed by atoms with E-state index in [2.05, 4.69) is 31.3 Å². The smallest absolute Gasteiger partial charge is 0.243 e. The Morgan fingerprint density at radius 1 is 1.65 bits per heavy atom. The molecule has 0 aliphatic heterocycles. The first-order valence-corrected chi connectivity index (χ1v) is 5.90. The molecule has 6 nitrogen and oxygen atoms in total. The van der Waals surface area contributed by atoms with Gasteiger partial charge in [-0.15, -0.1) is 5.10 Å². The first-order chi connectivity index (χ1) is 8.04. The van der Waals surface area contributed by atoms with Gasteiger partial charge in [0.15, 0.2) is 5.65 Å². The van der Waals surface area contributed by atoms with Crippen LogP contribution in [0, 0.1) is 0 Å². The molecule has 0 bridgehead atoms. The third-order valence-electron chi connectivity index (χ3n) is 2.18. The number of hydrogen-bond acceptors (Lipinski definition) is 4. The standard InChI is InChI=1S/C10H12BrN5O/c1-6(4-8(12)17)13-10-14-9-3-2-7(11)5-16(9)15-10/h2-3,5-6H,4H2,1H3,(H2,12,17)(H,13,15). The molecule has 1 atom stereocenters. The minimum Gasteiger partial charge on any atom is -0.370 e. The summed E-state index contributed by atoms with van der Waals surface area (Å²) in [5.74, 6) is 0.133. The summed E-state index contributed by atoms with van der Waals surface area (Å²) in [5.41, 5.74) is 5.85. The van der Waals surface area contributed by atoms with Gasteiger partial charge in [-0.1, -0.05) is 0 Å². The van der Waals surface area contributed by atoms with Crippen LogP contribution in [-0.4, -0.2) is 26.5 Å². The number of hydrogen-bond donors (Lipinski definition) is 2. The number of pyridine rings is 1. The number of rotatable bonds is 4. The van der Waals surface area contributed by atoms with Crippen molar-refractivity contribution < 1.29 is 4.79 Å². The maximum Gasteiger partial charge on any atom is 0.243 e. The third kappa shape index (κ3) is 2.94. The van der Waals surface area contributed by atoms with Crippen molar-refractivity contribution in [3.05, 3.63) is 22.8 Å². The van der Waals surface area contributed by atoms with E-state index in [9.17, 15) is 4.79 Å². The van der Waals surface area contributed by atoms with Crippen molar-refractivity contribution in [2.75, 3.05) is 5.32 Å². The normalized spacial score (nSPS) is 12.6. The van der Waals surface area contributed by atoms with Crippen LogP contribution in [0.1, 0.15) is 13.3 Å². The summed E-state index contributed by atoms with van der Waals surface area (Å²) in [6.45, 7) is 1.85. The van der Waals surface area contributed by atoms with E-state index in [-0.39, 0.29) is 18.4 Å². The fourth-order valence-electron chi connectivity index (χ4n) is 1.49. The van der Waals surface area contributed by atoms with Crippen LogP contribution in [0.2, 0.25) is 0 Å². The highest BCUT2D eigenvalue weighted by Gasteiger charge is 2.09. The summed E-state index contributed by atoms with van der Waals surface area (Å²) in [4.78, 5) is 15.0. The van der Waals surface area contributed by atoms with Gasteiger partial charge in [0.2, 0.25) is 11.9 Å². The number of fused-ring (bicyclic) bond motifs is 1. The highest BCUT2D eigenvalue weighted by molar-refractivity contribution is 9.10. The van der Waals surface area contributed by atoms with Gasteiger partial charge in [0, 0.05) is 23.1 Å². The second-order valence-corrected chi connectivity index (χ2v) is 4.72. The lowest BCUT2D eigenvalue weighted by Gasteiger charge is -2.08. The zero-order chi connectivity index (χ0) is 12.4. The zero-order valence-electron chi connectivity index (χ0n) is 9.22. The number of carbonyl (C=O) groups excluding carboxylic acids is 1. The number of nitrogens with two attached hydrogens (primary N) is 1. The van der Waals surface area contributed by atoms with Crippen molar-refractivity contribution >= 4 is 33.4 Å². The summed E-state index contributed by atoms with van der Waals surface area (Å²) in [5, 5.41) is 7.26. The molecule has 7 heteroatoms. The van der Waals surface area contributed by atoms with E-state index in [1.807, 2.05) is 25.3 Å². The molecule has 0 saturated heterocycles. The lowest BCUT2D eigenvalue weighted by molar-refractivity contribution is -0.118. The van der Waals surface area contributed by atoms with Crippen LogP contribution < -0.4 is 11.1 Å². The number of nitrogens with zero attached hydrogens (tertiary/aromatic N) is 3. The summed E-state index contributed by atoms with van der Waals surface area (Å²) >= 11 is 3.36. The van der Waals surface area contributed by atoms with Crippen LogP contribution in [0.25, 0.3) is 5.65 Å². The average Bonchev–Trinajstić information content (AvgIpc) is 2.57. The predicted octanol–water partition coefficient (Wildman–Crippen LogP) is 1.17. The molecule has 2 rings (SSSR count). The second-order valence-electron chi connectivity index (χ2n) is 3.80. The van der Waals surface area contributed by atoms with E-state index in [1.165, 1.54) is 0 Å². The molecule has 0 aliphatic carbocycles. The van der Waals surface area contributed by atoms with Gasteiger partial charge in [0.05, 0.1) is 0 Å². The Balaban J connectivity index is 2.16. The van der Waals surface area contributed by atoms with Crippen LogP contribution in [-0.2, 0) is 4.79 Å². The van der Waals surface area contributed by atoms with Gasteiger partial charge in [-0.25, -0.2) is 4.52 Å². The topological polar surface area (TPSA) is 85.3 Å². The second kappa shape index (κ2) is 4.70. The SMILES string of the molecule is CC(CC(N)=O)Nc1nc2ccc(Br)cn2n1. The van der Waals surface area contributed by atoms with E-state index in [1.54, 1.807) is 4.52 Å². The molecular weight excluding hydrogens is 286 g/mol. The quantitative estimate of drug-likeness (QED) is 0.887. The predicted molar refractivity (Wildman–Crippen MR) is 67.6 cm³/mol.